The zero-order valence-corrected chi connectivity index (χ0v) is 17.2. The number of hydrogen-bond acceptors (Lipinski definition) is 5. The minimum atomic E-state index is -3.75. The summed E-state index contributed by atoms with van der Waals surface area (Å²) in [6, 6.07) is 10.8. The van der Waals surface area contributed by atoms with Gasteiger partial charge in [-0.1, -0.05) is 12.1 Å². The highest BCUT2D eigenvalue weighted by molar-refractivity contribution is 7.92. The summed E-state index contributed by atoms with van der Waals surface area (Å²) in [6.45, 7) is 3.55. The molecule has 2 aromatic rings. The Morgan fingerprint density at radius 1 is 1.07 bits per heavy atom. The average Bonchev–Trinajstić information content (AvgIpc) is 2.95. The molecule has 0 saturated carbocycles. The molecular weight excluding hydrogens is 400 g/mol. The summed E-state index contributed by atoms with van der Waals surface area (Å²) in [5, 5.41) is 2.70. The predicted octanol–water partition coefficient (Wildman–Crippen LogP) is 2.02. The Kier molecular flexibility index (Phi) is 5.49. The van der Waals surface area contributed by atoms with Crippen molar-refractivity contribution in [2.24, 2.45) is 0 Å². The van der Waals surface area contributed by atoms with Crippen LogP contribution in [0.25, 0.3) is 0 Å². The molecule has 9 heteroatoms. The SMILES string of the molecule is Cc1ccc(C)c(S(=O)(=O)Nc2ccc(C(=O)N[C@@H]3CCS(=O)(=O)C3)cc2)c1. The maximum atomic E-state index is 12.6. The Bertz CT molecular complexity index is 1110. The van der Waals surface area contributed by atoms with Crippen molar-refractivity contribution in [1.29, 1.82) is 0 Å². The summed E-state index contributed by atoms with van der Waals surface area (Å²) >= 11 is 0. The number of aryl methyl sites for hydroxylation is 2. The molecule has 2 N–H and O–H groups in total. The predicted molar refractivity (Wildman–Crippen MR) is 108 cm³/mol. The van der Waals surface area contributed by atoms with Crippen molar-refractivity contribution in [3.05, 3.63) is 59.2 Å². The highest BCUT2D eigenvalue weighted by Gasteiger charge is 2.29. The van der Waals surface area contributed by atoms with Crippen molar-refractivity contribution >= 4 is 31.5 Å². The number of amides is 1. The number of sulfonamides is 1. The van der Waals surface area contributed by atoms with E-state index in [9.17, 15) is 21.6 Å². The summed E-state index contributed by atoms with van der Waals surface area (Å²) < 4.78 is 50.8. The topological polar surface area (TPSA) is 109 Å². The van der Waals surface area contributed by atoms with Gasteiger partial charge in [-0.2, -0.15) is 0 Å². The van der Waals surface area contributed by atoms with E-state index in [0.29, 0.717) is 23.2 Å². The van der Waals surface area contributed by atoms with E-state index in [2.05, 4.69) is 10.0 Å². The molecule has 2 aromatic carbocycles. The second-order valence-corrected chi connectivity index (χ2v) is 10.9. The first-order chi connectivity index (χ1) is 13.1. The van der Waals surface area contributed by atoms with Crippen LogP contribution in [0.4, 0.5) is 5.69 Å². The first kappa shape index (κ1) is 20.3. The van der Waals surface area contributed by atoms with E-state index in [1.165, 1.54) is 24.3 Å². The van der Waals surface area contributed by atoms with E-state index >= 15 is 0 Å². The molecule has 0 aromatic heterocycles. The number of nitrogens with one attached hydrogen (secondary N) is 2. The first-order valence-electron chi connectivity index (χ1n) is 8.77. The van der Waals surface area contributed by atoms with E-state index in [1.54, 1.807) is 19.1 Å². The average molecular weight is 423 g/mol. The molecule has 1 heterocycles. The van der Waals surface area contributed by atoms with Gasteiger partial charge in [-0.3, -0.25) is 9.52 Å². The molecule has 1 atom stereocenters. The lowest BCUT2D eigenvalue weighted by molar-refractivity contribution is 0.0941. The lowest BCUT2D eigenvalue weighted by Crippen LogP contribution is -2.35. The molecule has 7 nitrogen and oxygen atoms in total. The molecule has 1 saturated heterocycles. The van der Waals surface area contributed by atoms with Gasteiger partial charge in [0.25, 0.3) is 15.9 Å². The van der Waals surface area contributed by atoms with Gasteiger partial charge in [-0.25, -0.2) is 16.8 Å². The van der Waals surface area contributed by atoms with Gasteiger partial charge in [-0.15, -0.1) is 0 Å². The fraction of sp³-hybridized carbons (Fsp3) is 0.316. The van der Waals surface area contributed by atoms with E-state index in [-0.39, 0.29) is 28.4 Å². The van der Waals surface area contributed by atoms with Gasteiger partial charge in [0.05, 0.1) is 16.4 Å². The quantitative estimate of drug-likeness (QED) is 0.766. The zero-order chi connectivity index (χ0) is 20.5. The van der Waals surface area contributed by atoms with Crippen molar-refractivity contribution in [2.75, 3.05) is 16.2 Å². The van der Waals surface area contributed by atoms with Crippen molar-refractivity contribution in [3.8, 4) is 0 Å². The Hall–Kier alpha value is -2.39. The van der Waals surface area contributed by atoms with Gasteiger partial charge >= 0.3 is 0 Å². The molecule has 3 rings (SSSR count). The minimum absolute atomic E-state index is 0.0491. The molecule has 1 aliphatic rings. The summed E-state index contributed by atoms with van der Waals surface area (Å²) in [5.41, 5.74) is 2.15. The van der Waals surface area contributed by atoms with Gasteiger partial charge in [0, 0.05) is 17.3 Å². The van der Waals surface area contributed by atoms with E-state index in [0.717, 1.165) is 5.56 Å². The summed E-state index contributed by atoms with van der Waals surface area (Å²) in [5.74, 6) is -0.352. The molecule has 1 aliphatic heterocycles. The fourth-order valence-electron chi connectivity index (χ4n) is 3.07. The van der Waals surface area contributed by atoms with E-state index in [4.69, 9.17) is 0 Å². The number of benzene rings is 2. The third kappa shape index (κ3) is 4.71. The summed E-state index contributed by atoms with van der Waals surface area (Å²) in [4.78, 5) is 12.5. The number of anilines is 1. The van der Waals surface area contributed by atoms with Crippen LogP contribution in [-0.2, 0) is 19.9 Å². The standard InChI is InChI=1S/C19H22N2O5S2/c1-13-3-4-14(2)18(11-13)28(25,26)21-16-7-5-15(6-8-16)19(22)20-17-9-10-27(23,24)12-17/h3-8,11,17,21H,9-10,12H2,1-2H3,(H,20,22)/t17-/m1/s1. The Morgan fingerprint density at radius 3 is 2.36 bits per heavy atom. The van der Waals surface area contributed by atoms with Crippen molar-refractivity contribution in [1.82, 2.24) is 5.32 Å². The second-order valence-electron chi connectivity index (χ2n) is 7.03. The van der Waals surface area contributed by atoms with Crippen molar-refractivity contribution in [3.63, 3.8) is 0 Å². The van der Waals surface area contributed by atoms with Crippen LogP contribution in [-0.4, -0.2) is 40.3 Å². The molecule has 1 fully saturated rings. The fourth-order valence-corrected chi connectivity index (χ4v) is 6.14. The van der Waals surface area contributed by atoms with Gasteiger partial charge in [0.1, 0.15) is 0 Å². The van der Waals surface area contributed by atoms with E-state index < -0.39 is 19.9 Å². The number of carbonyl (C=O) groups excluding carboxylic acids is 1. The van der Waals surface area contributed by atoms with Crippen molar-refractivity contribution < 1.29 is 21.6 Å². The lowest BCUT2D eigenvalue weighted by Gasteiger charge is -2.13. The lowest BCUT2D eigenvalue weighted by atomic mass is 10.1. The van der Waals surface area contributed by atoms with Crippen molar-refractivity contribution in [2.45, 2.75) is 31.2 Å². The summed E-state index contributed by atoms with van der Waals surface area (Å²) in [6.07, 6.45) is 0.405. The smallest absolute Gasteiger partial charge is 0.262 e. The number of sulfone groups is 1. The third-order valence-electron chi connectivity index (χ3n) is 4.60. The molecule has 0 bridgehead atoms. The van der Waals surface area contributed by atoms with Crippen LogP contribution in [0, 0.1) is 13.8 Å². The molecule has 0 spiro atoms. The highest BCUT2D eigenvalue weighted by Crippen LogP contribution is 2.21. The van der Waals surface area contributed by atoms with Crippen LogP contribution in [0.2, 0.25) is 0 Å². The highest BCUT2D eigenvalue weighted by atomic mass is 32.2. The molecular formula is C19H22N2O5S2. The van der Waals surface area contributed by atoms with Crippen LogP contribution in [0.15, 0.2) is 47.4 Å². The monoisotopic (exact) mass is 422 g/mol. The second kappa shape index (κ2) is 7.56. The van der Waals surface area contributed by atoms with E-state index in [1.807, 2.05) is 13.0 Å². The Balaban J connectivity index is 1.70. The largest absolute Gasteiger partial charge is 0.348 e. The molecule has 150 valence electrons. The van der Waals surface area contributed by atoms with Crippen LogP contribution in [0.1, 0.15) is 27.9 Å². The molecule has 0 aliphatic carbocycles. The maximum absolute atomic E-state index is 12.6. The number of hydrogen-bond donors (Lipinski definition) is 2. The Labute approximate surface area is 165 Å². The summed E-state index contributed by atoms with van der Waals surface area (Å²) in [7, 11) is -6.82. The van der Waals surface area contributed by atoms with Crippen LogP contribution >= 0.6 is 0 Å². The van der Waals surface area contributed by atoms with Crippen LogP contribution in [0.5, 0.6) is 0 Å². The third-order valence-corrected chi connectivity index (χ3v) is 7.89. The minimum Gasteiger partial charge on any atom is -0.348 e. The Morgan fingerprint density at radius 2 is 1.75 bits per heavy atom. The normalized spacial score (nSPS) is 18.6. The zero-order valence-electron chi connectivity index (χ0n) is 15.6. The van der Waals surface area contributed by atoms with Gasteiger partial charge in [0.2, 0.25) is 0 Å². The maximum Gasteiger partial charge on any atom is 0.262 e. The van der Waals surface area contributed by atoms with Crippen LogP contribution in [0.3, 0.4) is 0 Å². The van der Waals surface area contributed by atoms with Gasteiger partial charge in [0.15, 0.2) is 9.84 Å². The van der Waals surface area contributed by atoms with Gasteiger partial charge in [-0.05, 0) is 61.7 Å². The van der Waals surface area contributed by atoms with Crippen LogP contribution < -0.4 is 10.0 Å². The first-order valence-corrected chi connectivity index (χ1v) is 12.1. The number of carbonyl (C=O) groups is 1. The molecule has 1 amide bonds. The molecule has 0 radical (unpaired) electrons. The van der Waals surface area contributed by atoms with Gasteiger partial charge < -0.3 is 5.32 Å². The molecule has 0 unspecified atom stereocenters. The molecule has 28 heavy (non-hydrogen) atoms. The number of rotatable bonds is 5.